The molecule has 0 aromatic carbocycles. The Kier molecular flexibility index (Phi) is 5.90. The molecule has 1 heterocycles. The van der Waals surface area contributed by atoms with Crippen LogP contribution in [0.5, 0.6) is 0 Å². The maximum absolute atomic E-state index is 5.43. The minimum Gasteiger partial charge on any atom is -0.382 e. The van der Waals surface area contributed by atoms with E-state index in [1.165, 1.54) is 0 Å². The van der Waals surface area contributed by atoms with Crippen LogP contribution in [-0.2, 0) is 4.74 Å². The predicted octanol–water partition coefficient (Wildman–Crippen LogP) is 2.12. The van der Waals surface area contributed by atoms with Crippen molar-refractivity contribution in [2.24, 2.45) is 5.92 Å². The Labute approximate surface area is 107 Å². The monoisotopic (exact) mass is 242 g/mol. The molecule has 1 rings (SSSR count). The highest BCUT2D eigenvalue weighted by Gasteiger charge is 2.33. The first-order valence-electron chi connectivity index (χ1n) is 7.03. The van der Waals surface area contributed by atoms with Crippen molar-refractivity contribution < 1.29 is 4.74 Å². The molecular weight excluding hydrogens is 212 g/mol. The van der Waals surface area contributed by atoms with Gasteiger partial charge >= 0.3 is 0 Å². The van der Waals surface area contributed by atoms with E-state index in [1.807, 2.05) is 0 Å². The van der Waals surface area contributed by atoms with Crippen LogP contribution in [0.2, 0.25) is 0 Å². The van der Waals surface area contributed by atoms with E-state index >= 15 is 0 Å². The fraction of sp³-hybridized carbons (Fsp3) is 1.00. The van der Waals surface area contributed by atoms with Gasteiger partial charge < -0.3 is 10.1 Å². The number of hydrogen-bond acceptors (Lipinski definition) is 3. The predicted molar refractivity (Wildman–Crippen MR) is 73.4 cm³/mol. The number of nitrogens with zero attached hydrogens (tertiary/aromatic N) is 1. The van der Waals surface area contributed by atoms with Crippen LogP contribution in [0.1, 0.15) is 41.0 Å². The van der Waals surface area contributed by atoms with Crippen LogP contribution in [-0.4, -0.2) is 49.3 Å². The molecule has 1 unspecified atom stereocenters. The second kappa shape index (κ2) is 6.72. The molecule has 1 atom stereocenters. The van der Waals surface area contributed by atoms with Crippen molar-refractivity contribution in [3.8, 4) is 0 Å². The highest BCUT2D eigenvalue weighted by atomic mass is 16.5. The number of rotatable bonds is 6. The molecule has 1 aliphatic heterocycles. The summed E-state index contributed by atoms with van der Waals surface area (Å²) in [4.78, 5) is 2.64. The minimum atomic E-state index is 0.247. The second-order valence-electron chi connectivity index (χ2n) is 6.10. The third-order valence-electron chi connectivity index (χ3n) is 3.56. The average molecular weight is 242 g/mol. The van der Waals surface area contributed by atoms with Crippen LogP contribution in [0.4, 0.5) is 0 Å². The number of nitrogens with one attached hydrogen (secondary N) is 1. The van der Waals surface area contributed by atoms with Crippen LogP contribution >= 0.6 is 0 Å². The molecule has 3 heteroatoms. The molecule has 0 aromatic rings. The summed E-state index contributed by atoms with van der Waals surface area (Å²) in [6.07, 6.45) is 1.15. The quantitative estimate of drug-likeness (QED) is 0.722. The van der Waals surface area contributed by atoms with Gasteiger partial charge in [0.25, 0.3) is 0 Å². The zero-order valence-electron chi connectivity index (χ0n) is 12.3. The highest BCUT2D eigenvalue weighted by Crippen LogP contribution is 2.20. The summed E-state index contributed by atoms with van der Waals surface area (Å²) in [7, 11) is 0. The minimum absolute atomic E-state index is 0.247. The summed E-state index contributed by atoms with van der Waals surface area (Å²) in [6.45, 7) is 16.4. The van der Waals surface area contributed by atoms with Crippen molar-refractivity contribution in [1.82, 2.24) is 10.2 Å². The first kappa shape index (κ1) is 14.9. The first-order valence-corrected chi connectivity index (χ1v) is 7.03. The molecule has 0 aromatic heterocycles. The molecule has 0 saturated carbocycles. The van der Waals surface area contributed by atoms with E-state index in [9.17, 15) is 0 Å². The summed E-state index contributed by atoms with van der Waals surface area (Å²) < 4.78 is 5.43. The molecule has 1 N–H and O–H groups in total. The van der Waals surface area contributed by atoms with Gasteiger partial charge in [0, 0.05) is 44.4 Å². The molecule has 0 radical (unpaired) electrons. The number of piperazine rings is 1. The SMILES string of the molecule is CCOCCCN1CC(C)(C)NCC1C(C)C. The van der Waals surface area contributed by atoms with Gasteiger partial charge in [0.1, 0.15) is 0 Å². The molecule has 0 amide bonds. The van der Waals surface area contributed by atoms with Gasteiger partial charge in [-0.3, -0.25) is 4.90 Å². The molecular formula is C14H30N2O. The molecule has 1 saturated heterocycles. The summed E-state index contributed by atoms with van der Waals surface area (Å²) >= 11 is 0. The van der Waals surface area contributed by atoms with Gasteiger partial charge in [-0.15, -0.1) is 0 Å². The Hall–Kier alpha value is -0.120. The van der Waals surface area contributed by atoms with E-state index < -0.39 is 0 Å². The van der Waals surface area contributed by atoms with Crippen LogP contribution in [0, 0.1) is 5.92 Å². The van der Waals surface area contributed by atoms with Crippen molar-refractivity contribution in [2.75, 3.05) is 32.8 Å². The third kappa shape index (κ3) is 4.94. The van der Waals surface area contributed by atoms with E-state index in [0.717, 1.165) is 39.3 Å². The zero-order chi connectivity index (χ0) is 12.9. The molecule has 0 aliphatic carbocycles. The van der Waals surface area contributed by atoms with Crippen LogP contribution in [0.15, 0.2) is 0 Å². The first-order chi connectivity index (χ1) is 7.96. The van der Waals surface area contributed by atoms with Crippen LogP contribution in [0.3, 0.4) is 0 Å². The standard InChI is InChI=1S/C14H30N2O/c1-6-17-9-7-8-16-11-14(4,5)15-10-13(16)12(2)3/h12-13,15H,6-11H2,1-5H3. The lowest BCUT2D eigenvalue weighted by Gasteiger charge is -2.46. The highest BCUT2D eigenvalue weighted by molar-refractivity contribution is 4.93. The van der Waals surface area contributed by atoms with E-state index in [1.54, 1.807) is 0 Å². The van der Waals surface area contributed by atoms with Crippen molar-refractivity contribution in [3.63, 3.8) is 0 Å². The van der Waals surface area contributed by atoms with Gasteiger partial charge in [0.05, 0.1) is 0 Å². The van der Waals surface area contributed by atoms with Gasteiger partial charge in [0.15, 0.2) is 0 Å². The van der Waals surface area contributed by atoms with E-state index in [2.05, 4.69) is 44.8 Å². The van der Waals surface area contributed by atoms with Gasteiger partial charge in [-0.2, -0.15) is 0 Å². The van der Waals surface area contributed by atoms with Gasteiger partial charge in [-0.1, -0.05) is 13.8 Å². The summed E-state index contributed by atoms with van der Waals surface area (Å²) in [5.74, 6) is 0.714. The number of hydrogen-bond donors (Lipinski definition) is 1. The Morgan fingerprint density at radius 1 is 1.41 bits per heavy atom. The van der Waals surface area contributed by atoms with E-state index in [-0.39, 0.29) is 5.54 Å². The molecule has 102 valence electrons. The van der Waals surface area contributed by atoms with Gasteiger partial charge in [0.2, 0.25) is 0 Å². The lowest BCUT2D eigenvalue weighted by atomic mass is 9.93. The fourth-order valence-corrected chi connectivity index (χ4v) is 2.61. The molecule has 1 aliphatic rings. The fourth-order valence-electron chi connectivity index (χ4n) is 2.61. The van der Waals surface area contributed by atoms with Crippen LogP contribution in [0.25, 0.3) is 0 Å². The Bertz CT molecular complexity index is 216. The normalized spacial score (nSPS) is 25.4. The summed E-state index contributed by atoms with van der Waals surface area (Å²) in [6, 6.07) is 0.671. The van der Waals surface area contributed by atoms with Gasteiger partial charge in [-0.05, 0) is 33.1 Å². The van der Waals surface area contributed by atoms with Crippen molar-refractivity contribution >= 4 is 0 Å². The zero-order valence-corrected chi connectivity index (χ0v) is 12.3. The van der Waals surface area contributed by atoms with E-state index in [0.29, 0.717) is 12.0 Å². The Morgan fingerprint density at radius 2 is 2.12 bits per heavy atom. The molecule has 3 nitrogen and oxygen atoms in total. The molecule has 0 bridgehead atoms. The largest absolute Gasteiger partial charge is 0.382 e. The summed E-state index contributed by atoms with van der Waals surface area (Å²) in [5, 5.41) is 3.65. The maximum Gasteiger partial charge on any atom is 0.0478 e. The Morgan fingerprint density at radius 3 is 2.71 bits per heavy atom. The summed E-state index contributed by atoms with van der Waals surface area (Å²) in [5.41, 5.74) is 0.247. The van der Waals surface area contributed by atoms with Crippen LogP contribution < -0.4 is 5.32 Å². The topological polar surface area (TPSA) is 24.5 Å². The van der Waals surface area contributed by atoms with Gasteiger partial charge in [-0.25, -0.2) is 0 Å². The molecule has 17 heavy (non-hydrogen) atoms. The average Bonchev–Trinajstić information content (AvgIpc) is 2.23. The Balaban J connectivity index is 2.44. The van der Waals surface area contributed by atoms with Crippen molar-refractivity contribution in [2.45, 2.75) is 52.6 Å². The maximum atomic E-state index is 5.43. The third-order valence-corrected chi connectivity index (χ3v) is 3.56. The number of ether oxygens (including phenoxy) is 1. The lowest BCUT2D eigenvalue weighted by molar-refractivity contribution is 0.0561. The lowest BCUT2D eigenvalue weighted by Crippen LogP contribution is -2.63. The molecule has 0 spiro atoms. The second-order valence-corrected chi connectivity index (χ2v) is 6.10. The van der Waals surface area contributed by atoms with Crippen molar-refractivity contribution in [3.05, 3.63) is 0 Å². The smallest absolute Gasteiger partial charge is 0.0478 e. The van der Waals surface area contributed by atoms with Crippen molar-refractivity contribution in [1.29, 1.82) is 0 Å². The van der Waals surface area contributed by atoms with E-state index in [4.69, 9.17) is 4.74 Å². The molecule has 1 fully saturated rings.